The molecule has 2 rings (SSSR count). The molecule has 0 radical (unpaired) electrons. The van der Waals surface area contributed by atoms with Crippen LogP contribution in [0.3, 0.4) is 0 Å². The van der Waals surface area contributed by atoms with Crippen LogP contribution in [0.15, 0.2) is 18.2 Å². The smallest absolute Gasteiger partial charge is 0.327 e. The average Bonchev–Trinajstić information content (AvgIpc) is 2.97. The Morgan fingerprint density at radius 3 is 2.60 bits per heavy atom. The van der Waals surface area contributed by atoms with Gasteiger partial charge in [-0.1, -0.05) is 18.9 Å². The zero-order chi connectivity index (χ0) is 14.5. The van der Waals surface area contributed by atoms with Gasteiger partial charge >= 0.3 is 5.97 Å². The highest BCUT2D eigenvalue weighted by atomic mass is 16.5. The van der Waals surface area contributed by atoms with Crippen molar-refractivity contribution in [3.8, 4) is 11.5 Å². The molecule has 5 heteroatoms. The summed E-state index contributed by atoms with van der Waals surface area (Å²) in [6.45, 7) is 0. The molecule has 1 aromatic rings. The molecule has 1 aliphatic rings. The summed E-state index contributed by atoms with van der Waals surface area (Å²) in [6.07, 6.45) is 4.49. The highest BCUT2D eigenvalue weighted by Crippen LogP contribution is 2.30. The normalized spacial score (nSPS) is 16.9. The molecule has 0 heterocycles. The zero-order valence-corrected chi connectivity index (χ0v) is 11.9. The third-order valence-corrected chi connectivity index (χ3v) is 3.73. The van der Waals surface area contributed by atoms with E-state index in [9.17, 15) is 9.90 Å². The molecule has 2 N–H and O–H groups in total. The number of rotatable bonds is 5. The van der Waals surface area contributed by atoms with Crippen LogP contribution in [0.2, 0.25) is 0 Å². The first-order chi connectivity index (χ1) is 9.65. The molecule has 110 valence electrons. The molecule has 0 bridgehead atoms. The number of nitrogens with one attached hydrogen (secondary N) is 1. The molecular weight excluding hydrogens is 258 g/mol. The van der Waals surface area contributed by atoms with Crippen LogP contribution in [0.5, 0.6) is 11.5 Å². The first-order valence-corrected chi connectivity index (χ1v) is 6.86. The van der Waals surface area contributed by atoms with E-state index in [-0.39, 0.29) is 11.7 Å². The average molecular weight is 279 g/mol. The molecule has 0 spiro atoms. The zero-order valence-electron chi connectivity index (χ0n) is 11.9. The van der Waals surface area contributed by atoms with Crippen molar-refractivity contribution in [3.63, 3.8) is 0 Å². The lowest BCUT2D eigenvalue weighted by molar-refractivity contribution is -0.143. The number of methoxy groups -OCH3 is 2. The topological polar surface area (TPSA) is 67.8 Å². The van der Waals surface area contributed by atoms with E-state index in [4.69, 9.17) is 9.47 Å². The highest BCUT2D eigenvalue weighted by Gasteiger charge is 2.27. The molecule has 1 atom stereocenters. The minimum atomic E-state index is -0.556. The van der Waals surface area contributed by atoms with Crippen molar-refractivity contribution in [1.82, 2.24) is 5.32 Å². The van der Waals surface area contributed by atoms with Crippen LogP contribution < -0.4 is 10.1 Å². The van der Waals surface area contributed by atoms with Crippen LogP contribution in [-0.2, 0) is 9.53 Å². The Labute approximate surface area is 118 Å². The number of hydrogen-bond acceptors (Lipinski definition) is 5. The van der Waals surface area contributed by atoms with E-state index in [1.807, 2.05) is 0 Å². The van der Waals surface area contributed by atoms with Crippen molar-refractivity contribution < 1.29 is 19.4 Å². The van der Waals surface area contributed by atoms with Gasteiger partial charge in [-0.25, -0.2) is 4.79 Å². The minimum absolute atomic E-state index is 0.0205. The summed E-state index contributed by atoms with van der Waals surface area (Å²) in [4.78, 5) is 12.0. The van der Waals surface area contributed by atoms with Crippen molar-refractivity contribution in [3.05, 3.63) is 23.8 Å². The molecule has 0 amide bonds. The van der Waals surface area contributed by atoms with Gasteiger partial charge in [0.05, 0.1) is 14.2 Å². The summed E-state index contributed by atoms with van der Waals surface area (Å²) in [6, 6.07) is 4.73. The standard InChI is InChI=1S/C15H21NO4/c1-19-13-8-7-10(9-12(13)17)14(15(18)20-2)16-11-5-3-4-6-11/h7-9,11,14,16-17H,3-6H2,1-2H3. The molecular formula is C15H21NO4. The highest BCUT2D eigenvalue weighted by molar-refractivity contribution is 5.78. The summed E-state index contributed by atoms with van der Waals surface area (Å²) >= 11 is 0. The summed E-state index contributed by atoms with van der Waals surface area (Å²) in [5, 5.41) is 13.2. The summed E-state index contributed by atoms with van der Waals surface area (Å²) in [5.74, 6) is 0.0619. The number of ether oxygens (including phenoxy) is 2. The third-order valence-electron chi connectivity index (χ3n) is 3.73. The number of carbonyl (C=O) groups excluding carboxylic acids is 1. The fourth-order valence-corrected chi connectivity index (χ4v) is 2.63. The van der Waals surface area contributed by atoms with Crippen LogP contribution >= 0.6 is 0 Å². The number of phenols is 1. The third kappa shape index (κ3) is 3.22. The van der Waals surface area contributed by atoms with Gasteiger partial charge < -0.3 is 14.6 Å². The van der Waals surface area contributed by atoms with Crippen molar-refractivity contribution >= 4 is 5.97 Å². The van der Waals surface area contributed by atoms with Crippen molar-refractivity contribution in [2.75, 3.05) is 14.2 Å². The fraction of sp³-hybridized carbons (Fsp3) is 0.533. The molecule has 1 aliphatic carbocycles. The second-order valence-electron chi connectivity index (χ2n) is 5.04. The Hall–Kier alpha value is -1.75. The number of benzene rings is 1. The van der Waals surface area contributed by atoms with Gasteiger partial charge in [0, 0.05) is 6.04 Å². The van der Waals surface area contributed by atoms with Gasteiger partial charge in [-0.15, -0.1) is 0 Å². The number of phenolic OH excluding ortho intramolecular Hbond substituents is 1. The monoisotopic (exact) mass is 279 g/mol. The van der Waals surface area contributed by atoms with E-state index in [1.165, 1.54) is 27.1 Å². The second kappa shape index (κ2) is 6.61. The van der Waals surface area contributed by atoms with E-state index in [0.717, 1.165) is 12.8 Å². The SMILES string of the molecule is COC(=O)C(NC1CCCC1)c1ccc(OC)c(O)c1. The van der Waals surface area contributed by atoms with Gasteiger partial charge in [0.15, 0.2) is 11.5 Å². The minimum Gasteiger partial charge on any atom is -0.504 e. The van der Waals surface area contributed by atoms with E-state index in [0.29, 0.717) is 17.4 Å². The van der Waals surface area contributed by atoms with Gasteiger partial charge in [0.25, 0.3) is 0 Å². The summed E-state index contributed by atoms with van der Waals surface area (Å²) < 4.78 is 9.87. The Morgan fingerprint density at radius 1 is 1.35 bits per heavy atom. The maximum atomic E-state index is 12.0. The van der Waals surface area contributed by atoms with E-state index < -0.39 is 6.04 Å². The maximum Gasteiger partial charge on any atom is 0.327 e. The molecule has 1 aromatic carbocycles. The van der Waals surface area contributed by atoms with E-state index in [2.05, 4.69) is 5.32 Å². The van der Waals surface area contributed by atoms with Crippen LogP contribution in [0.4, 0.5) is 0 Å². The predicted octanol–water partition coefficient (Wildman–Crippen LogP) is 2.15. The second-order valence-corrected chi connectivity index (χ2v) is 5.04. The number of aromatic hydroxyl groups is 1. The first kappa shape index (κ1) is 14.7. The maximum absolute atomic E-state index is 12.0. The molecule has 1 unspecified atom stereocenters. The van der Waals surface area contributed by atoms with Gasteiger partial charge in [-0.05, 0) is 30.5 Å². The van der Waals surface area contributed by atoms with Crippen molar-refractivity contribution in [2.24, 2.45) is 0 Å². The lowest BCUT2D eigenvalue weighted by Crippen LogP contribution is -2.36. The van der Waals surface area contributed by atoms with Gasteiger partial charge in [-0.2, -0.15) is 0 Å². The molecule has 20 heavy (non-hydrogen) atoms. The van der Waals surface area contributed by atoms with Crippen LogP contribution in [0.1, 0.15) is 37.3 Å². The lowest BCUT2D eigenvalue weighted by atomic mass is 10.0. The lowest BCUT2D eigenvalue weighted by Gasteiger charge is -2.21. The quantitative estimate of drug-likeness (QED) is 0.808. The van der Waals surface area contributed by atoms with Gasteiger partial charge in [0.2, 0.25) is 0 Å². The Morgan fingerprint density at radius 2 is 2.05 bits per heavy atom. The van der Waals surface area contributed by atoms with Crippen LogP contribution in [-0.4, -0.2) is 31.3 Å². The van der Waals surface area contributed by atoms with E-state index in [1.54, 1.807) is 18.2 Å². The number of carbonyl (C=O) groups is 1. The van der Waals surface area contributed by atoms with E-state index >= 15 is 0 Å². The molecule has 0 saturated heterocycles. The predicted molar refractivity (Wildman–Crippen MR) is 74.8 cm³/mol. The van der Waals surface area contributed by atoms with Gasteiger partial charge in [0.1, 0.15) is 6.04 Å². The van der Waals surface area contributed by atoms with Crippen LogP contribution in [0, 0.1) is 0 Å². The fourth-order valence-electron chi connectivity index (χ4n) is 2.63. The molecule has 1 fully saturated rings. The van der Waals surface area contributed by atoms with Crippen molar-refractivity contribution in [1.29, 1.82) is 0 Å². The number of esters is 1. The molecule has 5 nitrogen and oxygen atoms in total. The summed E-state index contributed by atoms with van der Waals surface area (Å²) in [7, 11) is 2.86. The van der Waals surface area contributed by atoms with Crippen molar-refractivity contribution in [2.45, 2.75) is 37.8 Å². The number of hydrogen-bond donors (Lipinski definition) is 2. The Bertz CT molecular complexity index is 469. The largest absolute Gasteiger partial charge is 0.504 e. The first-order valence-electron chi connectivity index (χ1n) is 6.86. The molecule has 0 aromatic heterocycles. The van der Waals surface area contributed by atoms with Crippen LogP contribution in [0.25, 0.3) is 0 Å². The Kier molecular flexibility index (Phi) is 4.84. The summed E-state index contributed by atoms with van der Waals surface area (Å²) in [5.41, 5.74) is 0.682. The van der Waals surface area contributed by atoms with Gasteiger partial charge in [-0.3, -0.25) is 5.32 Å². The Balaban J connectivity index is 2.21. The molecule has 1 saturated carbocycles. The molecule has 0 aliphatic heterocycles.